The second kappa shape index (κ2) is 25.7. The molecule has 10 aliphatic carbocycles. The van der Waals surface area contributed by atoms with Crippen molar-refractivity contribution in [2.45, 2.75) is 272 Å². The fourth-order valence-corrected chi connectivity index (χ4v) is 24.2. The van der Waals surface area contributed by atoms with Gasteiger partial charge < -0.3 is 35.1 Å². The SMILES string of the molecule is CO.COC(=O)C(C)(C)CC(=O)N[C@H]1CC[C@]2(C)[C@H]3C(=O)C=C4[C@@H]5C[C@@](C)(C(=O)O)CC[C@]5(C)CC[C@@]4(C)[C@]3(C)CC[C@H]2C1(C)C.COC(=O)C(C)(C)CC(=O)N[C@H]1CC[C@]2(C)[C@H]3C(=O)C=C4[C@@H]5C[C@@](C)(C(=O)OCc6ccccc6)CC[C@]5(C)CC[C@@]4(C)[C@]3(C)CC[C@H]2C1(C)C. The van der Waals surface area contributed by atoms with Gasteiger partial charge in [0.25, 0.3) is 0 Å². The highest BCUT2D eigenvalue weighted by Crippen LogP contribution is 2.77. The third-order valence-corrected chi connectivity index (χ3v) is 30.8. The Hall–Kier alpha value is -5.18. The first-order valence-electron chi connectivity index (χ1n) is 36.9. The first kappa shape index (κ1) is 76.0. The van der Waals surface area contributed by atoms with Gasteiger partial charge in [-0.3, -0.25) is 38.4 Å². The smallest absolute Gasteiger partial charge is 0.312 e. The number of ketones is 2. The number of carboxylic acid groups (broad SMARTS) is 1. The number of aliphatic hydroxyl groups is 1. The van der Waals surface area contributed by atoms with Crippen LogP contribution in [0.3, 0.4) is 0 Å². The zero-order valence-corrected chi connectivity index (χ0v) is 63.4. The summed E-state index contributed by atoms with van der Waals surface area (Å²) < 4.78 is 15.8. The quantitative estimate of drug-likeness (QED) is 0.113. The van der Waals surface area contributed by atoms with E-state index >= 15 is 0 Å². The number of hydrogen-bond donors (Lipinski definition) is 4. The van der Waals surface area contributed by atoms with Crippen LogP contribution in [0.25, 0.3) is 0 Å². The lowest BCUT2D eigenvalue weighted by Gasteiger charge is -2.70. The van der Waals surface area contributed by atoms with Gasteiger partial charge in [0, 0.05) is 43.9 Å². The van der Waals surface area contributed by atoms with E-state index in [1.165, 1.54) is 25.4 Å². The van der Waals surface area contributed by atoms with Crippen LogP contribution in [0.2, 0.25) is 0 Å². The Kier molecular flexibility index (Phi) is 20.1. The van der Waals surface area contributed by atoms with Crippen LogP contribution in [0.1, 0.15) is 259 Å². The van der Waals surface area contributed by atoms with Crippen molar-refractivity contribution in [3.05, 3.63) is 59.2 Å². The number of aliphatic hydroxyl groups excluding tert-OH is 1. The molecule has 18 atom stereocenters. The summed E-state index contributed by atoms with van der Waals surface area (Å²) in [5.74, 6) is -0.844. The van der Waals surface area contributed by atoms with Gasteiger partial charge in [-0.2, -0.15) is 0 Å². The number of nitrogens with one attached hydrogen (secondary N) is 2. The molecule has 8 fully saturated rings. The van der Waals surface area contributed by atoms with E-state index in [0.717, 1.165) is 109 Å². The van der Waals surface area contributed by atoms with Crippen molar-refractivity contribution in [1.82, 2.24) is 10.6 Å². The number of hydrogen-bond acceptors (Lipinski definition) is 12. The Labute approximate surface area is 581 Å². The normalized spacial score (nSPS) is 41.3. The highest BCUT2D eigenvalue weighted by atomic mass is 16.5. The number of allylic oxidation sites excluding steroid dienone is 4. The van der Waals surface area contributed by atoms with Crippen molar-refractivity contribution in [2.75, 3.05) is 21.3 Å². The fourth-order valence-electron chi connectivity index (χ4n) is 24.2. The lowest BCUT2D eigenvalue weighted by atomic mass is 9.33. The zero-order chi connectivity index (χ0) is 72.3. The number of carboxylic acids is 1. The number of carbonyl (C=O) groups excluding carboxylic acids is 7. The van der Waals surface area contributed by atoms with Crippen LogP contribution in [-0.4, -0.2) is 90.9 Å². The summed E-state index contributed by atoms with van der Waals surface area (Å²) in [5, 5.41) is 23.8. The van der Waals surface area contributed by atoms with Gasteiger partial charge in [-0.05, 0) is 253 Å². The van der Waals surface area contributed by atoms with E-state index in [4.69, 9.17) is 19.3 Å². The summed E-state index contributed by atoms with van der Waals surface area (Å²) in [4.78, 5) is 107. The molecule has 0 bridgehead atoms. The number of methoxy groups -OCH3 is 2. The number of aliphatic carboxylic acids is 1. The van der Waals surface area contributed by atoms with E-state index in [9.17, 15) is 43.5 Å². The molecule has 97 heavy (non-hydrogen) atoms. The maximum absolute atomic E-state index is 14.9. The first-order chi connectivity index (χ1) is 44.8. The van der Waals surface area contributed by atoms with Crippen LogP contribution in [0.5, 0.6) is 0 Å². The van der Waals surface area contributed by atoms with Gasteiger partial charge in [0.05, 0.1) is 35.9 Å². The Balaban J connectivity index is 0.000000224. The molecule has 15 nitrogen and oxygen atoms in total. The van der Waals surface area contributed by atoms with Crippen LogP contribution >= 0.6 is 0 Å². The molecule has 1 aromatic rings. The number of amides is 2. The summed E-state index contributed by atoms with van der Waals surface area (Å²) in [6, 6.07) is 9.79. The predicted octanol–water partition coefficient (Wildman–Crippen LogP) is 15.5. The molecule has 1 aromatic carbocycles. The summed E-state index contributed by atoms with van der Waals surface area (Å²) >= 11 is 0. The third kappa shape index (κ3) is 12.3. The number of rotatable bonds is 12. The Morgan fingerprint density at radius 1 is 0.505 bits per heavy atom. The van der Waals surface area contributed by atoms with Crippen molar-refractivity contribution in [1.29, 1.82) is 0 Å². The number of esters is 3. The van der Waals surface area contributed by atoms with Gasteiger partial charge in [-0.25, -0.2) is 0 Å². The Morgan fingerprint density at radius 2 is 0.876 bits per heavy atom. The van der Waals surface area contributed by atoms with Gasteiger partial charge >= 0.3 is 23.9 Å². The number of fused-ring (bicyclic) bond motifs is 14. The minimum Gasteiger partial charge on any atom is -0.481 e. The Morgan fingerprint density at radius 3 is 1.26 bits per heavy atom. The van der Waals surface area contributed by atoms with E-state index in [2.05, 4.69) is 107 Å². The molecule has 10 aliphatic rings. The maximum Gasteiger partial charge on any atom is 0.312 e. The van der Waals surface area contributed by atoms with Crippen LogP contribution in [0.15, 0.2) is 53.6 Å². The average molecular weight is 1350 g/mol. The molecule has 4 N–H and O–H groups in total. The van der Waals surface area contributed by atoms with Gasteiger partial charge in [-0.1, -0.05) is 125 Å². The molecule has 2 amide bonds. The van der Waals surface area contributed by atoms with Crippen LogP contribution < -0.4 is 10.6 Å². The van der Waals surface area contributed by atoms with Crippen LogP contribution in [-0.2, 0) is 59.2 Å². The number of benzene rings is 1. The number of ether oxygens (including phenoxy) is 3. The topological polar surface area (TPSA) is 229 Å². The zero-order valence-electron chi connectivity index (χ0n) is 63.4. The lowest BCUT2D eigenvalue weighted by Crippen LogP contribution is -2.67. The van der Waals surface area contributed by atoms with Crippen LogP contribution in [0.4, 0.5) is 0 Å². The molecule has 0 heterocycles. The molecular weight excluding hydrogens is 1220 g/mol. The standard InChI is InChI=1S/C44H63NO6.C37H57NO6.CH4O/c1-38(2,36(48)50-10)26-34(47)45-33-17-18-42(7)32(39(33,3)4)16-19-44(9)35(42)31(46)24-29-30-25-41(6,21-20-40(30,5)22-23-43(29,44)8)37(49)51-27-28-14-12-11-13-15-28;1-31(2,30(43)44-10)21-27(40)38-26-12-13-35(7)25(32(26,3)4)11-14-37(9)28(35)24(39)19-22-23-20-34(6,29(41)42)16-15-33(23,5)17-18-36(22,37)8;1-2/h11-15,24,30,32-33,35H,16-23,25-27H2,1-10H3,(H,45,47);19,23,25-26,28H,11-18,20-21H2,1-10H3,(H,38,40)(H,41,42);2H,1H3/t30-,32-,33-,35+,40+,41-,42-,43+,44+;23-,25-,26-,28+,33+,34-,35-,36+,37+;/m00./s1. The summed E-state index contributed by atoms with van der Waals surface area (Å²) in [6.45, 7) is 39.4. The largest absolute Gasteiger partial charge is 0.481 e. The summed E-state index contributed by atoms with van der Waals surface area (Å²) in [5.41, 5.74) is -1.18. The lowest BCUT2D eigenvalue weighted by molar-refractivity contribution is -0.191. The van der Waals surface area contributed by atoms with E-state index < -0.39 is 33.6 Å². The van der Waals surface area contributed by atoms with Crippen LogP contribution in [0, 0.1) is 111 Å². The van der Waals surface area contributed by atoms with Gasteiger partial charge in [0.2, 0.25) is 11.8 Å². The molecule has 0 saturated heterocycles. The minimum atomic E-state index is -0.902. The summed E-state index contributed by atoms with van der Waals surface area (Å²) in [7, 11) is 3.71. The first-order valence-corrected chi connectivity index (χ1v) is 36.9. The summed E-state index contributed by atoms with van der Waals surface area (Å²) in [6.07, 6.45) is 20.3. The minimum absolute atomic E-state index is 0.0333. The third-order valence-electron chi connectivity index (χ3n) is 30.8. The monoisotopic (exact) mass is 1340 g/mol. The van der Waals surface area contributed by atoms with Gasteiger partial charge in [-0.15, -0.1) is 0 Å². The van der Waals surface area contributed by atoms with E-state index in [0.29, 0.717) is 19.3 Å². The van der Waals surface area contributed by atoms with E-state index in [-0.39, 0.29) is 157 Å². The molecule has 0 unspecified atom stereocenters. The molecule has 11 rings (SSSR count). The molecule has 0 radical (unpaired) electrons. The van der Waals surface area contributed by atoms with E-state index in [1.54, 1.807) is 27.7 Å². The molecule has 540 valence electrons. The maximum atomic E-state index is 14.9. The van der Waals surface area contributed by atoms with Crippen molar-refractivity contribution >= 4 is 47.3 Å². The molecule has 15 heteroatoms. The fraction of sp³-hybridized carbons (Fsp3) is 0.780. The molecular formula is C82H124N2O13. The molecule has 8 saturated carbocycles. The van der Waals surface area contributed by atoms with Crippen molar-refractivity contribution in [3.8, 4) is 0 Å². The molecule has 0 aliphatic heterocycles. The Bertz CT molecular complexity index is 3340. The predicted molar refractivity (Wildman–Crippen MR) is 376 cm³/mol. The highest BCUT2D eigenvalue weighted by Gasteiger charge is 2.73. The van der Waals surface area contributed by atoms with Gasteiger partial charge in [0.15, 0.2) is 11.6 Å². The molecule has 0 aromatic heterocycles. The number of carbonyl (C=O) groups is 8. The van der Waals surface area contributed by atoms with Crippen molar-refractivity contribution in [2.24, 2.45) is 111 Å². The van der Waals surface area contributed by atoms with E-state index in [1.807, 2.05) is 43.3 Å². The second-order valence-electron chi connectivity index (χ2n) is 37.9. The average Bonchev–Trinajstić information content (AvgIpc) is 0.679. The van der Waals surface area contributed by atoms with Crippen molar-refractivity contribution in [3.63, 3.8) is 0 Å². The molecule has 0 spiro atoms. The highest BCUT2D eigenvalue weighted by molar-refractivity contribution is 5.97. The van der Waals surface area contributed by atoms with Gasteiger partial charge in [0.1, 0.15) is 6.61 Å². The second-order valence-corrected chi connectivity index (χ2v) is 37.9. The van der Waals surface area contributed by atoms with Crippen molar-refractivity contribution < 1.29 is 62.8 Å².